The van der Waals surface area contributed by atoms with Crippen molar-refractivity contribution in [3.05, 3.63) is 36.0 Å². The maximum absolute atomic E-state index is 13.4. The number of nitrogens with zero attached hydrogens (tertiary/aromatic N) is 2. The van der Waals surface area contributed by atoms with Gasteiger partial charge in [0, 0.05) is 50.0 Å². The van der Waals surface area contributed by atoms with E-state index in [0.717, 1.165) is 37.9 Å². The van der Waals surface area contributed by atoms with E-state index in [1.807, 2.05) is 17.9 Å². The van der Waals surface area contributed by atoms with Crippen molar-refractivity contribution in [2.24, 2.45) is 34.5 Å². The van der Waals surface area contributed by atoms with Crippen LogP contribution in [0.2, 0.25) is 0 Å². The highest BCUT2D eigenvalue weighted by Crippen LogP contribution is 2.41. The maximum atomic E-state index is 13.4. The van der Waals surface area contributed by atoms with Gasteiger partial charge in [-0.2, -0.15) is 0 Å². The third-order valence-corrected chi connectivity index (χ3v) is 11.2. The van der Waals surface area contributed by atoms with Gasteiger partial charge in [0.05, 0.1) is 12.2 Å². The monoisotopic (exact) mass is 657 g/mol. The highest BCUT2D eigenvalue weighted by atomic mass is 16.6. The van der Waals surface area contributed by atoms with Gasteiger partial charge in [-0.15, -0.1) is 0 Å². The van der Waals surface area contributed by atoms with Gasteiger partial charge in [0.1, 0.15) is 12.2 Å². The summed E-state index contributed by atoms with van der Waals surface area (Å²) >= 11 is 0. The minimum absolute atomic E-state index is 0.0143. The number of epoxide rings is 1. The minimum atomic E-state index is -0.408. The van der Waals surface area contributed by atoms with Crippen molar-refractivity contribution in [3.8, 4) is 0 Å². The molecule has 0 radical (unpaired) electrons. The lowest BCUT2D eigenvalue weighted by Gasteiger charge is -2.39. The molecule has 3 aliphatic rings. The molecule has 0 saturated carbocycles. The SMILES string of the molecule is CCC(C)C(C)C1OC1CC(C)(C)/C=C/C=C(\C)C1OC(=O)CC(C)CCC(C)(C)C(OC(=O)N2CCN(C(C)C)CC2)/C=C/C1C. The molecule has 0 aromatic heterocycles. The molecule has 0 aromatic carbocycles. The average molecular weight is 657 g/mol. The van der Waals surface area contributed by atoms with E-state index in [-0.39, 0.29) is 40.8 Å². The standard InChI is InChI=1S/C40H68N2O5/c1-13-29(5)32(8)37-33(45-37)26-39(9,10)19-14-15-30(6)36-31(7)16-17-34(40(11,12)20-18-28(4)25-35(43)47-36)46-38(44)42-23-21-41(22-24-42)27(2)3/h14-17,19,27-29,31-34,36-37H,13,18,20-26H2,1-12H3/b17-16+,19-14+,30-15+. The van der Waals surface area contributed by atoms with Crippen LogP contribution in [0, 0.1) is 34.5 Å². The van der Waals surface area contributed by atoms with E-state index in [0.29, 0.717) is 49.6 Å². The number of hydrogen-bond donors (Lipinski definition) is 0. The van der Waals surface area contributed by atoms with Crippen LogP contribution in [0.5, 0.6) is 0 Å². The van der Waals surface area contributed by atoms with E-state index < -0.39 is 6.10 Å². The molecule has 268 valence electrons. The molecule has 3 aliphatic heterocycles. The molecule has 2 saturated heterocycles. The second-order valence-corrected chi connectivity index (χ2v) is 16.8. The molecule has 0 bridgehead atoms. The van der Waals surface area contributed by atoms with Crippen molar-refractivity contribution in [2.75, 3.05) is 26.2 Å². The smallest absolute Gasteiger partial charge is 0.410 e. The third-order valence-electron chi connectivity index (χ3n) is 11.2. The number of amides is 1. The van der Waals surface area contributed by atoms with Crippen molar-refractivity contribution in [1.29, 1.82) is 0 Å². The number of esters is 1. The lowest BCUT2D eigenvalue weighted by molar-refractivity contribution is -0.149. The van der Waals surface area contributed by atoms with Crippen LogP contribution in [0.25, 0.3) is 0 Å². The summed E-state index contributed by atoms with van der Waals surface area (Å²) in [5, 5.41) is 0. The first kappa shape index (κ1) is 39.3. The Kier molecular flexibility index (Phi) is 14.2. The van der Waals surface area contributed by atoms with Gasteiger partial charge >= 0.3 is 12.1 Å². The van der Waals surface area contributed by atoms with Crippen LogP contribution in [0.4, 0.5) is 4.79 Å². The molecule has 47 heavy (non-hydrogen) atoms. The van der Waals surface area contributed by atoms with E-state index in [2.05, 4.69) is 105 Å². The van der Waals surface area contributed by atoms with Crippen LogP contribution in [0.3, 0.4) is 0 Å². The zero-order valence-corrected chi connectivity index (χ0v) is 31.9. The van der Waals surface area contributed by atoms with E-state index >= 15 is 0 Å². The van der Waals surface area contributed by atoms with Gasteiger partial charge in [0.25, 0.3) is 0 Å². The van der Waals surface area contributed by atoms with Crippen molar-refractivity contribution in [3.63, 3.8) is 0 Å². The van der Waals surface area contributed by atoms with Crippen LogP contribution in [-0.4, -0.2) is 78.5 Å². The van der Waals surface area contributed by atoms with Gasteiger partial charge in [-0.3, -0.25) is 9.69 Å². The highest BCUT2D eigenvalue weighted by molar-refractivity contribution is 5.70. The quantitative estimate of drug-likeness (QED) is 0.101. The van der Waals surface area contributed by atoms with Gasteiger partial charge in [-0.25, -0.2) is 4.79 Å². The molecule has 0 N–H and O–H groups in total. The second-order valence-electron chi connectivity index (χ2n) is 16.8. The lowest BCUT2D eigenvalue weighted by atomic mass is 9.78. The summed E-state index contributed by atoms with van der Waals surface area (Å²) in [7, 11) is 0. The first-order valence-electron chi connectivity index (χ1n) is 18.5. The summed E-state index contributed by atoms with van der Waals surface area (Å²) in [6.07, 6.45) is 14.5. The lowest BCUT2D eigenvalue weighted by Crippen LogP contribution is -2.51. The Morgan fingerprint density at radius 2 is 1.77 bits per heavy atom. The minimum Gasteiger partial charge on any atom is -0.457 e. The molecule has 8 atom stereocenters. The van der Waals surface area contributed by atoms with Gasteiger partial charge in [0.2, 0.25) is 0 Å². The molecule has 3 heterocycles. The van der Waals surface area contributed by atoms with E-state index in [9.17, 15) is 9.59 Å². The van der Waals surface area contributed by atoms with Crippen LogP contribution in [-0.2, 0) is 19.0 Å². The molecule has 7 nitrogen and oxygen atoms in total. The predicted octanol–water partition coefficient (Wildman–Crippen LogP) is 8.84. The van der Waals surface area contributed by atoms with Gasteiger partial charge in [-0.05, 0) is 74.9 Å². The van der Waals surface area contributed by atoms with Crippen molar-refractivity contribution >= 4 is 12.1 Å². The number of rotatable bonds is 10. The molecule has 0 aromatic rings. The summed E-state index contributed by atoms with van der Waals surface area (Å²) in [4.78, 5) is 30.7. The number of hydrogen-bond acceptors (Lipinski definition) is 6. The maximum Gasteiger partial charge on any atom is 0.410 e. The highest BCUT2D eigenvalue weighted by Gasteiger charge is 2.46. The Hall–Kier alpha value is -2.12. The normalized spacial score (nSPS) is 31.9. The van der Waals surface area contributed by atoms with E-state index in [4.69, 9.17) is 14.2 Å². The largest absolute Gasteiger partial charge is 0.457 e. The number of ether oxygens (including phenoxy) is 3. The molecule has 0 aliphatic carbocycles. The van der Waals surface area contributed by atoms with Gasteiger partial charge in [0.15, 0.2) is 0 Å². The Bertz CT molecular complexity index is 1120. The summed E-state index contributed by atoms with van der Waals surface area (Å²) in [5.74, 6) is 1.16. The number of piperazine rings is 1. The zero-order chi connectivity index (χ0) is 35.1. The van der Waals surface area contributed by atoms with E-state index in [1.165, 1.54) is 6.42 Å². The van der Waals surface area contributed by atoms with Gasteiger partial charge < -0.3 is 19.1 Å². The van der Waals surface area contributed by atoms with Gasteiger partial charge in [-0.1, -0.05) is 93.0 Å². The third kappa shape index (κ3) is 11.8. The number of cyclic esters (lactones) is 1. The molecule has 3 rings (SSSR count). The summed E-state index contributed by atoms with van der Waals surface area (Å²) in [6.45, 7) is 29.4. The first-order chi connectivity index (χ1) is 21.9. The molecule has 1 amide bonds. The summed E-state index contributed by atoms with van der Waals surface area (Å²) in [5.41, 5.74) is 0.697. The molecular formula is C40H68N2O5. The predicted molar refractivity (Wildman–Crippen MR) is 192 cm³/mol. The van der Waals surface area contributed by atoms with E-state index in [1.54, 1.807) is 0 Å². The molecule has 2 fully saturated rings. The van der Waals surface area contributed by atoms with Crippen molar-refractivity contribution in [2.45, 2.75) is 146 Å². The molecular weight excluding hydrogens is 588 g/mol. The average Bonchev–Trinajstić information content (AvgIpc) is 3.77. The molecule has 7 heteroatoms. The fraction of sp³-hybridized carbons (Fsp3) is 0.800. The Balaban J connectivity index is 1.74. The van der Waals surface area contributed by atoms with Crippen LogP contribution in [0.15, 0.2) is 36.0 Å². The Morgan fingerprint density at radius 3 is 2.38 bits per heavy atom. The zero-order valence-electron chi connectivity index (χ0n) is 31.9. The molecule has 0 spiro atoms. The van der Waals surface area contributed by atoms with Crippen molar-refractivity contribution in [1.82, 2.24) is 9.80 Å². The number of carbonyl (C=O) groups is 2. The Labute approximate surface area is 287 Å². The summed E-state index contributed by atoms with van der Waals surface area (Å²) in [6, 6.07) is 0.472. The molecule has 8 unspecified atom stereocenters. The fourth-order valence-corrected chi connectivity index (χ4v) is 7.01. The topological polar surface area (TPSA) is 71.6 Å². The van der Waals surface area contributed by atoms with Crippen LogP contribution >= 0.6 is 0 Å². The second kappa shape index (κ2) is 17.0. The summed E-state index contributed by atoms with van der Waals surface area (Å²) < 4.78 is 18.5. The Morgan fingerprint density at radius 1 is 1.11 bits per heavy atom. The first-order valence-corrected chi connectivity index (χ1v) is 18.5. The van der Waals surface area contributed by atoms with Crippen LogP contribution in [0.1, 0.15) is 115 Å². The number of allylic oxidation sites excluding steroid dienone is 3. The van der Waals surface area contributed by atoms with Crippen LogP contribution < -0.4 is 0 Å². The van der Waals surface area contributed by atoms with Crippen molar-refractivity contribution < 1.29 is 23.8 Å². The number of carbonyl (C=O) groups excluding carboxylic acids is 2. The fourth-order valence-electron chi connectivity index (χ4n) is 7.01.